The molecule has 0 radical (unpaired) electrons. The average molecular weight is 497 g/mol. The summed E-state index contributed by atoms with van der Waals surface area (Å²) in [5.41, 5.74) is 2.49. The van der Waals surface area contributed by atoms with E-state index in [0.717, 1.165) is 24.8 Å². The second kappa shape index (κ2) is 8.98. The molecule has 8 heteroatoms. The van der Waals surface area contributed by atoms with Crippen molar-refractivity contribution in [1.29, 1.82) is 0 Å². The molecule has 174 valence electrons. The van der Waals surface area contributed by atoms with E-state index in [1.165, 1.54) is 34.6 Å². The molecule has 0 bridgehead atoms. The number of hydrogen-bond donors (Lipinski definition) is 0. The van der Waals surface area contributed by atoms with Gasteiger partial charge in [0.15, 0.2) is 0 Å². The summed E-state index contributed by atoms with van der Waals surface area (Å²) in [5, 5.41) is 0.165. The first kappa shape index (κ1) is 22.8. The van der Waals surface area contributed by atoms with Gasteiger partial charge in [-0.25, -0.2) is 12.8 Å². The summed E-state index contributed by atoms with van der Waals surface area (Å²) in [7, 11) is -3.74. The molecule has 0 unspecified atom stereocenters. The highest BCUT2D eigenvalue weighted by atomic mass is 35.5. The fraction of sp³-hybridized carbons (Fsp3) is 0.192. The molecule has 0 spiro atoms. The number of carbonyl (C=O) groups is 1. The van der Waals surface area contributed by atoms with Crippen molar-refractivity contribution in [2.75, 3.05) is 13.1 Å². The molecule has 1 aliphatic rings. The fourth-order valence-corrected chi connectivity index (χ4v) is 6.17. The van der Waals surface area contributed by atoms with Crippen molar-refractivity contribution in [3.05, 3.63) is 95.0 Å². The molecule has 0 N–H and O–H groups in total. The van der Waals surface area contributed by atoms with Gasteiger partial charge in [0.2, 0.25) is 15.8 Å². The van der Waals surface area contributed by atoms with Crippen LogP contribution in [0.25, 0.3) is 16.6 Å². The summed E-state index contributed by atoms with van der Waals surface area (Å²) in [4.78, 5) is 13.9. The lowest BCUT2D eigenvalue weighted by Crippen LogP contribution is -2.35. The molecule has 0 amide bonds. The zero-order valence-electron chi connectivity index (χ0n) is 18.2. The van der Waals surface area contributed by atoms with E-state index in [2.05, 4.69) is 0 Å². The Balaban J connectivity index is 1.64. The molecule has 2 aromatic carbocycles. The smallest absolute Gasteiger partial charge is 0.243 e. The van der Waals surface area contributed by atoms with Crippen LogP contribution in [0.15, 0.2) is 77.8 Å². The predicted molar refractivity (Wildman–Crippen MR) is 130 cm³/mol. The standard InChI is InChI=1S/C26H22ClFN2O3S/c27-24-12-11-21(34(32,33)29-13-3-1-4-14-29)17-23(24)26(31)25-22(18-7-9-19(28)10-8-18)16-20-6-2-5-15-30(20)25/h2,5-12,15-17H,1,3-4,13-14H2. The molecule has 5 nitrogen and oxygen atoms in total. The average Bonchev–Trinajstić information content (AvgIpc) is 3.24. The highest BCUT2D eigenvalue weighted by molar-refractivity contribution is 7.89. The number of rotatable bonds is 5. The summed E-state index contributed by atoms with van der Waals surface area (Å²) < 4.78 is 43.2. The molecule has 2 aromatic heterocycles. The van der Waals surface area contributed by atoms with Gasteiger partial charge in [0, 0.05) is 35.9 Å². The number of sulfonamides is 1. The van der Waals surface area contributed by atoms with Crippen LogP contribution in [-0.2, 0) is 10.0 Å². The monoisotopic (exact) mass is 496 g/mol. The van der Waals surface area contributed by atoms with E-state index < -0.39 is 15.8 Å². The maximum atomic E-state index is 13.9. The number of hydrogen-bond acceptors (Lipinski definition) is 3. The zero-order valence-corrected chi connectivity index (χ0v) is 19.8. The van der Waals surface area contributed by atoms with Gasteiger partial charge in [-0.3, -0.25) is 4.79 Å². The van der Waals surface area contributed by atoms with Crippen LogP contribution in [-0.4, -0.2) is 36.0 Å². The minimum Gasteiger partial charge on any atom is -0.313 e. The topological polar surface area (TPSA) is 58.9 Å². The molecule has 0 saturated carbocycles. The van der Waals surface area contributed by atoms with Crippen molar-refractivity contribution < 1.29 is 17.6 Å². The van der Waals surface area contributed by atoms with Crippen LogP contribution in [0.4, 0.5) is 4.39 Å². The number of carbonyl (C=O) groups excluding carboxylic acids is 1. The first-order valence-electron chi connectivity index (χ1n) is 11.1. The van der Waals surface area contributed by atoms with Crippen LogP contribution in [0, 0.1) is 5.82 Å². The summed E-state index contributed by atoms with van der Waals surface area (Å²) in [5.74, 6) is -0.787. The van der Waals surface area contributed by atoms with Crippen LogP contribution in [0.3, 0.4) is 0 Å². The molecule has 1 aliphatic heterocycles. The van der Waals surface area contributed by atoms with E-state index >= 15 is 0 Å². The highest BCUT2D eigenvalue weighted by Gasteiger charge is 2.29. The van der Waals surface area contributed by atoms with E-state index in [1.807, 2.05) is 18.2 Å². The maximum absolute atomic E-state index is 13.9. The lowest BCUT2D eigenvalue weighted by molar-refractivity contribution is 0.103. The Bertz CT molecular complexity index is 1490. The highest BCUT2D eigenvalue weighted by Crippen LogP contribution is 2.33. The normalized spacial score (nSPS) is 15.0. The van der Waals surface area contributed by atoms with Crippen molar-refractivity contribution in [2.45, 2.75) is 24.2 Å². The molecule has 1 saturated heterocycles. The second-order valence-corrected chi connectivity index (χ2v) is 10.7. The Labute approximate surface area is 202 Å². The third-order valence-corrected chi connectivity index (χ3v) is 8.41. The van der Waals surface area contributed by atoms with Crippen molar-refractivity contribution in [3.63, 3.8) is 0 Å². The van der Waals surface area contributed by atoms with Gasteiger partial charge in [-0.1, -0.05) is 36.2 Å². The fourth-order valence-electron chi connectivity index (χ4n) is 4.43. The van der Waals surface area contributed by atoms with Crippen molar-refractivity contribution in [2.24, 2.45) is 0 Å². The van der Waals surface area contributed by atoms with Gasteiger partial charge < -0.3 is 4.40 Å². The minimum absolute atomic E-state index is 0.0475. The Morgan fingerprint density at radius 1 is 0.912 bits per heavy atom. The molecule has 3 heterocycles. The van der Waals surface area contributed by atoms with Crippen molar-refractivity contribution in [1.82, 2.24) is 8.71 Å². The van der Waals surface area contributed by atoms with E-state index in [0.29, 0.717) is 29.9 Å². The maximum Gasteiger partial charge on any atom is 0.243 e. The van der Waals surface area contributed by atoms with E-state index in [-0.39, 0.29) is 21.3 Å². The molecular formula is C26H22ClFN2O3S. The molecule has 4 aromatic rings. The van der Waals surface area contributed by atoms with Crippen LogP contribution in [0.2, 0.25) is 5.02 Å². The zero-order chi connectivity index (χ0) is 23.9. The first-order chi connectivity index (χ1) is 16.4. The number of nitrogens with zero attached hydrogens (tertiary/aromatic N) is 2. The van der Waals surface area contributed by atoms with Crippen LogP contribution >= 0.6 is 11.6 Å². The van der Waals surface area contributed by atoms with Crippen LogP contribution in [0.1, 0.15) is 35.3 Å². The van der Waals surface area contributed by atoms with Crippen LogP contribution in [0.5, 0.6) is 0 Å². The number of halogens is 2. The summed E-state index contributed by atoms with van der Waals surface area (Å²) in [6, 6.07) is 17.5. The second-order valence-electron chi connectivity index (χ2n) is 8.34. The van der Waals surface area contributed by atoms with Gasteiger partial charge in [-0.05, 0) is 66.9 Å². The Morgan fingerprint density at radius 3 is 2.38 bits per heavy atom. The van der Waals surface area contributed by atoms with Gasteiger partial charge in [0.1, 0.15) is 11.5 Å². The van der Waals surface area contributed by atoms with Gasteiger partial charge >= 0.3 is 0 Å². The molecule has 0 aliphatic carbocycles. The predicted octanol–water partition coefficient (Wildman–Crippen LogP) is 5.80. The first-order valence-corrected chi connectivity index (χ1v) is 12.9. The Morgan fingerprint density at radius 2 is 1.65 bits per heavy atom. The van der Waals surface area contributed by atoms with E-state index in [9.17, 15) is 17.6 Å². The number of ketones is 1. The number of benzene rings is 2. The quantitative estimate of drug-likeness (QED) is 0.328. The molecule has 1 fully saturated rings. The lowest BCUT2D eigenvalue weighted by atomic mass is 10.00. The summed E-state index contributed by atoms with van der Waals surface area (Å²) in [6.07, 6.45) is 4.40. The van der Waals surface area contributed by atoms with Gasteiger partial charge in [0.25, 0.3) is 0 Å². The molecule has 0 atom stereocenters. The van der Waals surface area contributed by atoms with Crippen molar-refractivity contribution >= 4 is 32.9 Å². The van der Waals surface area contributed by atoms with E-state index in [4.69, 9.17) is 11.6 Å². The third-order valence-electron chi connectivity index (χ3n) is 6.19. The Kier molecular flexibility index (Phi) is 6.02. The summed E-state index contributed by atoms with van der Waals surface area (Å²) in [6.45, 7) is 0.929. The lowest BCUT2D eigenvalue weighted by Gasteiger charge is -2.26. The van der Waals surface area contributed by atoms with E-state index in [1.54, 1.807) is 28.8 Å². The number of aromatic nitrogens is 1. The minimum atomic E-state index is -3.74. The molecule has 5 rings (SSSR count). The number of fused-ring (bicyclic) bond motifs is 1. The third kappa shape index (κ3) is 4.04. The largest absolute Gasteiger partial charge is 0.313 e. The van der Waals surface area contributed by atoms with Gasteiger partial charge in [-0.2, -0.15) is 4.31 Å². The van der Waals surface area contributed by atoms with Gasteiger partial charge in [0.05, 0.1) is 9.92 Å². The van der Waals surface area contributed by atoms with Crippen molar-refractivity contribution in [3.8, 4) is 11.1 Å². The number of pyridine rings is 1. The molecule has 34 heavy (non-hydrogen) atoms. The molecular weight excluding hydrogens is 475 g/mol. The van der Waals surface area contributed by atoms with Gasteiger partial charge in [-0.15, -0.1) is 0 Å². The van der Waals surface area contributed by atoms with Crippen LogP contribution < -0.4 is 0 Å². The Hall–Kier alpha value is -3.00. The summed E-state index contributed by atoms with van der Waals surface area (Å²) >= 11 is 6.43. The SMILES string of the molecule is O=C(c1cc(S(=O)(=O)N2CCCCC2)ccc1Cl)c1c(-c2ccc(F)cc2)cc2ccccn12. The number of piperidine rings is 1.